The molecule has 4 aromatic carbocycles. The number of carbonyl (C=O) groups is 3. The Kier molecular flexibility index (Phi) is 10.5. The predicted molar refractivity (Wildman–Crippen MR) is 242 cm³/mol. The molecule has 63 heavy (non-hydrogen) atoms. The number of rotatable bonds is 8. The second-order valence-electron chi connectivity index (χ2n) is 16.6. The molecule has 13 heteroatoms. The summed E-state index contributed by atoms with van der Waals surface area (Å²) in [5.74, 6) is 0.530. The first kappa shape index (κ1) is 39.8. The van der Waals surface area contributed by atoms with Crippen molar-refractivity contribution in [2.24, 2.45) is 7.05 Å². The van der Waals surface area contributed by atoms with Crippen molar-refractivity contribution < 1.29 is 19.1 Å². The standard InChI is InChI=1S/C50H47N9O4/c1-4-63-50(62)45-30(2)38-26-34(13-16-39(38)54-45)43-29-51-40-17-14-36(28-42(40)53-43)49(61)59-24-19-32(20-25-59)31-8-10-33(11-9-31)47-55-41-27-35(48(60)58-22-6-5-7-23-58)12-15-37(41)46(56-47)44-18-21-52-57(44)3/h8-18,21,26-29,32,54H,4-7,19-20,22-25H2,1-3H3. The second kappa shape index (κ2) is 16.5. The lowest BCUT2D eigenvalue weighted by Crippen LogP contribution is -2.37. The molecule has 2 aliphatic heterocycles. The van der Waals surface area contributed by atoms with Gasteiger partial charge in [-0.25, -0.2) is 19.7 Å². The van der Waals surface area contributed by atoms with Gasteiger partial charge in [-0.1, -0.05) is 30.3 Å². The minimum absolute atomic E-state index is 0.0211. The molecule has 13 nitrogen and oxygen atoms in total. The number of H-pyrrole nitrogens is 1. The Morgan fingerprint density at radius 2 is 1.44 bits per heavy atom. The third kappa shape index (κ3) is 7.57. The van der Waals surface area contributed by atoms with Gasteiger partial charge >= 0.3 is 5.97 Å². The van der Waals surface area contributed by atoms with E-state index in [2.05, 4.69) is 39.3 Å². The predicted octanol–water partition coefficient (Wildman–Crippen LogP) is 8.92. The number of likely N-dealkylation sites (tertiary alicyclic amines) is 2. The zero-order valence-electron chi connectivity index (χ0n) is 35.6. The number of amides is 2. The zero-order chi connectivity index (χ0) is 43.2. The van der Waals surface area contributed by atoms with Crippen molar-refractivity contribution in [2.75, 3.05) is 32.8 Å². The number of fused-ring (bicyclic) bond motifs is 3. The summed E-state index contributed by atoms with van der Waals surface area (Å²) >= 11 is 0. The number of hydrogen-bond donors (Lipinski definition) is 1. The molecular formula is C50H47N9O4. The van der Waals surface area contributed by atoms with E-state index in [-0.39, 0.29) is 17.8 Å². The van der Waals surface area contributed by atoms with Gasteiger partial charge in [-0.2, -0.15) is 5.10 Å². The van der Waals surface area contributed by atoms with E-state index in [9.17, 15) is 14.4 Å². The summed E-state index contributed by atoms with van der Waals surface area (Å²) in [5.41, 5.74) is 10.6. The summed E-state index contributed by atoms with van der Waals surface area (Å²) in [6.45, 7) is 6.83. The number of ether oxygens (including phenoxy) is 1. The Hall–Kier alpha value is -7.28. The van der Waals surface area contributed by atoms with E-state index in [0.29, 0.717) is 65.0 Å². The normalized spacial score (nSPS) is 14.8. The molecule has 0 radical (unpaired) electrons. The molecule has 0 unspecified atom stereocenters. The van der Waals surface area contributed by atoms with E-state index in [1.54, 1.807) is 19.3 Å². The van der Waals surface area contributed by atoms with Gasteiger partial charge in [-0.3, -0.25) is 19.3 Å². The maximum Gasteiger partial charge on any atom is 0.355 e. The Balaban J connectivity index is 0.843. The Bertz CT molecular complexity index is 3070. The molecule has 0 aliphatic carbocycles. The molecule has 2 aliphatic rings. The smallest absolute Gasteiger partial charge is 0.355 e. The molecule has 0 spiro atoms. The van der Waals surface area contributed by atoms with E-state index in [4.69, 9.17) is 19.7 Å². The average Bonchev–Trinajstić information content (AvgIpc) is 3.92. The van der Waals surface area contributed by atoms with Crippen LogP contribution in [0.5, 0.6) is 0 Å². The fraction of sp³-hybridized carbons (Fsp3) is 0.280. The average molecular weight is 838 g/mol. The molecule has 2 amide bonds. The highest BCUT2D eigenvalue weighted by atomic mass is 16.5. The van der Waals surface area contributed by atoms with E-state index >= 15 is 0 Å². The number of nitrogens with zero attached hydrogens (tertiary/aromatic N) is 8. The van der Waals surface area contributed by atoms with Crippen LogP contribution in [0.25, 0.3) is 66.9 Å². The molecule has 0 saturated carbocycles. The van der Waals surface area contributed by atoms with Crippen molar-refractivity contribution in [1.29, 1.82) is 0 Å². The van der Waals surface area contributed by atoms with Crippen molar-refractivity contribution in [1.82, 2.24) is 44.5 Å². The summed E-state index contributed by atoms with van der Waals surface area (Å²) in [6, 6.07) is 27.5. The summed E-state index contributed by atoms with van der Waals surface area (Å²) in [4.78, 5) is 66.6. The number of nitrogens with one attached hydrogen (secondary N) is 1. The number of aryl methyl sites for hydroxylation is 2. The maximum absolute atomic E-state index is 13.9. The van der Waals surface area contributed by atoms with Crippen molar-refractivity contribution >= 4 is 50.6 Å². The first-order chi connectivity index (χ1) is 30.7. The number of piperidine rings is 2. The van der Waals surface area contributed by atoms with Crippen LogP contribution in [0.2, 0.25) is 0 Å². The van der Waals surface area contributed by atoms with Crippen LogP contribution in [0.3, 0.4) is 0 Å². The van der Waals surface area contributed by atoms with Gasteiger partial charge < -0.3 is 19.5 Å². The van der Waals surface area contributed by atoms with E-state index in [1.165, 1.54) is 5.56 Å². The Morgan fingerprint density at radius 1 is 0.730 bits per heavy atom. The highest BCUT2D eigenvalue weighted by molar-refractivity contribution is 6.02. The lowest BCUT2D eigenvalue weighted by atomic mass is 9.88. The van der Waals surface area contributed by atoms with Crippen LogP contribution >= 0.6 is 0 Å². The fourth-order valence-corrected chi connectivity index (χ4v) is 9.15. The summed E-state index contributed by atoms with van der Waals surface area (Å²) in [7, 11) is 1.90. The molecule has 10 rings (SSSR count). The van der Waals surface area contributed by atoms with Crippen molar-refractivity contribution in [3.05, 3.63) is 125 Å². The fourth-order valence-electron chi connectivity index (χ4n) is 9.15. The van der Waals surface area contributed by atoms with E-state index in [1.807, 2.05) is 89.1 Å². The summed E-state index contributed by atoms with van der Waals surface area (Å²) < 4.78 is 7.03. The maximum atomic E-state index is 13.9. The molecule has 2 fully saturated rings. The number of carbonyl (C=O) groups excluding carboxylic acids is 3. The molecule has 8 aromatic rings. The van der Waals surface area contributed by atoms with Crippen LogP contribution in [0.4, 0.5) is 0 Å². The van der Waals surface area contributed by atoms with Crippen molar-refractivity contribution in [2.45, 2.75) is 51.9 Å². The quantitative estimate of drug-likeness (QED) is 0.148. The number of esters is 1. The zero-order valence-corrected chi connectivity index (χ0v) is 35.6. The topological polar surface area (TPSA) is 152 Å². The molecule has 0 bridgehead atoms. The lowest BCUT2D eigenvalue weighted by molar-refractivity contribution is 0.0519. The number of aromatic amines is 1. The van der Waals surface area contributed by atoms with Crippen LogP contribution in [0.15, 0.2) is 97.3 Å². The third-order valence-corrected chi connectivity index (χ3v) is 12.7. The van der Waals surface area contributed by atoms with Crippen LogP contribution < -0.4 is 0 Å². The van der Waals surface area contributed by atoms with E-state index in [0.717, 1.165) is 95.1 Å². The minimum atomic E-state index is -0.378. The minimum Gasteiger partial charge on any atom is -0.461 e. The Labute approximate surface area is 364 Å². The molecular weight excluding hydrogens is 791 g/mol. The molecule has 4 aromatic heterocycles. The van der Waals surface area contributed by atoms with Crippen LogP contribution in [-0.2, 0) is 11.8 Å². The highest BCUT2D eigenvalue weighted by Crippen LogP contribution is 2.34. The van der Waals surface area contributed by atoms with Gasteiger partial charge in [0.15, 0.2) is 5.82 Å². The van der Waals surface area contributed by atoms with Gasteiger partial charge in [-0.05, 0) is 118 Å². The SMILES string of the molecule is CCOC(=O)c1[nH]c2ccc(-c3cnc4ccc(C(=O)N5CCC(c6ccc(-c7nc(-c8ccnn8C)c8ccc(C(=O)N9CCCCC9)cc8n7)cc6)CC5)cc4n3)cc2c1C. The van der Waals surface area contributed by atoms with Gasteiger partial charge in [0.25, 0.3) is 11.8 Å². The molecule has 1 N–H and O–H groups in total. The van der Waals surface area contributed by atoms with Gasteiger partial charge in [0.2, 0.25) is 0 Å². The summed E-state index contributed by atoms with van der Waals surface area (Å²) in [5, 5.41) is 6.18. The van der Waals surface area contributed by atoms with Gasteiger partial charge in [0.05, 0.1) is 40.7 Å². The monoisotopic (exact) mass is 837 g/mol. The molecule has 6 heterocycles. The lowest BCUT2D eigenvalue weighted by Gasteiger charge is -2.32. The van der Waals surface area contributed by atoms with Crippen molar-refractivity contribution in [3.8, 4) is 34.0 Å². The largest absolute Gasteiger partial charge is 0.461 e. The van der Waals surface area contributed by atoms with Gasteiger partial charge in [0.1, 0.15) is 11.4 Å². The molecule has 0 atom stereocenters. The number of hydrogen-bond acceptors (Lipinski definition) is 9. The van der Waals surface area contributed by atoms with E-state index < -0.39 is 0 Å². The van der Waals surface area contributed by atoms with Gasteiger partial charge in [0, 0.05) is 78.0 Å². The van der Waals surface area contributed by atoms with Crippen LogP contribution in [-0.4, -0.2) is 95.1 Å². The number of aromatic nitrogens is 7. The Morgan fingerprint density at radius 3 is 2.17 bits per heavy atom. The third-order valence-electron chi connectivity index (χ3n) is 12.7. The van der Waals surface area contributed by atoms with Crippen LogP contribution in [0, 0.1) is 6.92 Å². The van der Waals surface area contributed by atoms with Crippen molar-refractivity contribution in [3.63, 3.8) is 0 Å². The first-order valence-electron chi connectivity index (χ1n) is 21.8. The molecule has 316 valence electrons. The summed E-state index contributed by atoms with van der Waals surface area (Å²) in [6.07, 6.45) is 8.40. The van der Waals surface area contributed by atoms with Crippen LogP contribution in [0.1, 0.15) is 87.3 Å². The first-order valence-corrected chi connectivity index (χ1v) is 21.8. The molecule has 2 saturated heterocycles. The number of benzene rings is 4. The van der Waals surface area contributed by atoms with Gasteiger partial charge in [-0.15, -0.1) is 0 Å². The highest BCUT2D eigenvalue weighted by Gasteiger charge is 2.26. The second-order valence-corrected chi connectivity index (χ2v) is 16.6.